The second-order valence-corrected chi connectivity index (χ2v) is 4.30. The standard InChI is InChI=1S/C11H16ClN3O/c1-3-10-13-9(12)6-11(14-10)15-5-4-8(7-15)16-2/h6,8H,3-5,7H2,1-2H3. The zero-order chi connectivity index (χ0) is 11.5. The molecule has 0 spiro atoms. The molecule has 1 aromatic rings. The molecule has 1 saturated heterocycles. The molecule has 0 radical (unpaired) electrons. The number of nitrogens with zero attached hydrogens (tertiary/aromatic N) is 3. The molecule has 1 aromatic heterocycles. The first-order valence-electron chi connectivity index (χ1n) is 5.54. The van der Waals surface area contributed by atoms with Crippen LogP contribution in [0.1, 0.15) is 19.2 Å². The Kier molecular flexibility index (Phi) is 3.61. The highest BCUT2D eigenvalue weighted by molar-refractivity contribution is 6.29. The number of halogens is 1. The van der Waals surface area contributed by atoms with Crippen molar-refractivity contribution >= 4 is 17.4 Å². The van der Waals surface area contributed by atoms with Gasteiger partial charge in [-0.15, -0.1) is 0 Å². The van der Waals surface area contributed by atoms with Crippen molar-refractivity contribution in [3.63, 3.8) is 0 Å². The minimum Gasteiger partial charge on any atom is -0.380 e. The monoisotopic (exact) mass is 241 g/mol. The third-order valence-corrected chi connectivity index (χ3v) is 3.04. The van der Waals surface area contributed by atoms with Gasteiger partial charge in [-0.05, 0) is 6.42 Å². The summed E-state index contributed by atoms with van der Waals surface area (Å²) in [4.78, 5) is 10.8. The second-order valence-electron chi connectivity index (χ2n) is 3.91. The van der Waals surface area contributed by atoms with Crippen molar-refractivity contribution < 1.29 is 4.74 Å². The van der Waals surface area contributed by atoms with Crippen molar-refractivity contribution in [2.75, 3.05) is 25.1 Å². The van der Waals surface area contributed by atoms with E-state index in [1.54, 1.807) is 7.11 Å². The summed E-state index contributed by atoms with van der Waals surface area (Å²) >= 11 is 5.97. The van der Waals surface area contributed by atoms with Crippen LogP contribution in [0.4, 0.5) is 5.82 Å². The van der Waals surface area contributed by atoms with Gasteiger partial charge >= 0.3 is 0 Å². The first kappa shape index (κ1) is 11.6. The van der Waals surface area contributed by atoms with Crippen LogP contribution < -0.4 is 4.90 Å². The fourth-order valence-electron chi connectivity index (χ4n) is 1.90. The predicted molar refractivity (Wildman–Crippen MR) is 64.0 cm³/mol. The zero-order valence-electron chi connectivity index (χ0n) is 9.61. The summed E-state index contributed by atoms with van der Waals surface area (Å²) in [6, 6.07) is 1.82. The molecule has 1 unspecified atom stereocenters. The van der Waals surface area contributed by atoms with Crippen molar-refractivity contribution in [2.45, 2.75) is 25.9 Å². The van der Waals surface area contributed by atoms with E-state index in [9.17, 15) is 0 Å². The molecule has 2 heterocycles. The Hall–Kier alpha value is -0.870. The lowest BCUT2D eigenvalue weighted by Crippen LogP contribution is -2.23. The maximum Gasteiger partial charge on any atom is 0.134 e. The average molecular weight is 242 g/mol. The van der Waals surface area contributed by atoms with Gasteiger partial charge in [-0.3, -0.25) is 0 Å². The number of hydrogen-bond donors (Lipinski definition) is 0. The smallest absolute Gasteiger partial charge is 0.134 e. The van der Waals surface area contributed by atoms with Crippen LogP contribution in [0.2, 0.25) is 5.15 Å². The Morgan fingerprint density at radius 3 is 3.00 bits per heavy atom. The summed E-state index contributed by atoms with van der Waals surface area (Å²) in [6.45, 7) is 3.87. The number of hydrogen-bond acceptors (Lipinski definition) is 4. The highest BCUT2D eigenvalue weighted by atomic mass is 35.5. The molecule has 2 rings (SSSR count). The summed E-state index contributed by atoms with van der Waals surface area (Å²) in [5.41, 5.74) is 0. The molecule has 0 bridgehead atoms. The lowest BCUT2D eigenvalue weighted by atomic mass is 10.3. The highest BCUT2D eigenvalue weighted by Gasteiger charge is 2.23. The number of anilines is 1. The molecule has 1 atom stereocenters. The van der Waals surface area contributed by atoms with E-state index in [-0.39, 0.29) is 0 Å². The summed E-state index contributed by atoms with van der Waals surface area (Å²) in [5.74, 6) is 1.71. The van der Waals surface area contributed by atoms with Gasteiger partial charge in [-0.1, -0.05) is 18.5 Å². The maximum absolute atomic E-state index is 5.97. The largest absolute Gasteiger partial charge is 0.380 e. The third-order valence-electron chi connectivity index (χ3n) is 2.85. The number of methoxy groups -OCH3 is 1. The summed E-state index contributed by atoms with van der Waals surface area (Å²) in [6.07, 6.45) is 2.15. The van der Waals surface area contributed by atoms with E-state index < -0.39 is 0 Å². The fraction of sp³-hybridized carbons (Fsp3) is 0.636. The molecule has 0 N–H and O–H groups in total. The molecule has 0 aliphatic carbocycles. The highest BCUT2D eigenvalue weighted by Crippen LogP contribution is 2.22. The van der Waals surface area contributed by atoms with E-state index >= 15 is 0 Å². The van der Waals surface area contributed by atoms with Crippen LogP contribution in [0.15, 0.2) is 6.07 Å². The average Bonchev–Trinajstić information content (AvgIpc) is 2.76. The summed E-state index contributed by atoms with van der Waals surface area (Å²) < 4.78 is 5.33. The van der Waals surface area contributed by atoms with Gasteiger partial charge in [0.1, 0.15) is 16.8 Å². The number of aryl methyl sites for hydroxylation is 1. The molecular formula is C11H16ClN3O. The van der Waals surface area contributed by atoms with Crippen LogP contribution in [0.3, 0.4) is 0 Å². The normalized spacial score (nSPS) is 20.4. The predicted octanol–water partition coefficient (Wildman–Crippen LogP) is 1.92. The number of rotatable bonds is 3. The van der Waals surface area contributed by atoms with E-state index in [1.807, 2.05) is 13.0 Å². The van der Waals surface area contributed by atoms with Gasteiger partial charge in [0.2, 0.25) is 0 Å². The van der Waals surface area contributed by atoms with Crippen molar-refractivity contribution in [3.05, 3.63) is 17.0 Å². The minimum absolute atomic E-state index is 0.304. The Bertz CT molecular complexity index is 372. The first-order chi connectivity index (χ1) is 7.72. The van der Waals surface area contributed by atoms with E-state index in [2.05, 4.69) is 14.9 Å². The van der Waals surface area contributed by atoms with Crippen molar-refractivity contribution in [2.24, 2.45) is 0 Å². The van der Waals surface area contributed by atoms with Crippen LogP contribution in [0, 0.1) is 0 Å². The lowest BCUT2D eigenvalue weighted by Gasteiger charge is -2.17. The van der Waals surface area contributed by atoms with Gasteiger partial charge in [0.15, 0.2) is 0 Å². The molecule has 88 valence electrons. The van der Waals surface area contributed by atoms with Gasteiger partial charge in [0.05, 0.1) is 6.10 Å². The second kappa shape index (κ2) is 4.97. The molecule has 0 saturated carbocycles. The molecule has 1 aliphatic heterocycles. The molecule has 4 nitrogen and oxygen atoms in total. The first-order valence-corrected chi connectivity index (χ1v) is 5.92. The van der Waals surface area contributed by atoms with E-state index in [0.29, 0.717) is 11.3 Å². The quantitative estimate of drug-likeness (QED) is 0.758. The lowest BCUT2D eigenvalue weighted by molar-refractivity contribution is 0.121. The minimum atomic E-state index is 0.304. The van der Waals surface area contributed by atoms with Crippen LogP contribution in [-0.4, -0.2) is 36.3 Å². The Morgan fingerprint density at radius 2 is 2.38 bits per heavy atom. The Morgan fingerprint density at radius 1 is 1.56 bits per heavy atom. The Balaban J connectivity index is 2.17. The molecule has 1 fully saturated rings. The molecular weight excluding hydrogens is 226 g/mol. The van der Waals surface area contributed by atoms with E-state index in [0.717, 1.165) is 37.6 Å². The van der Waals surface area contributed by atoms with Crippen molar-refractivity contribution in [1.29, 1.82) is 0 Å². The zero-order valence-corrected chi connectivity index (χ0v) is 10.4. The van der Waals surface area contributed by atoms with Crippen molar-refractivity contribution in [3.8, 4) is 0 Å². The molecule has 16 heavy (non-hydrogen) atoms. The van der Waals surface area contributed by atoms with Crippen molar-refractivity contribution in [1.82, 2.24) is 9.97 Å². The molecule has 1 aliphatic rings. The van der Waals surface area contributed by atoms with E-state index in [1.165, 1.54) is 0 Å². The fourth-order valence-corrected chi connectivity index (χ4v) is 2.10. The van der Waals surface area contributed by atoms with Gasteiger partial charge < -0.3 is 9.64 Å². The number of aromatic nitrogens is 2. The SMILES string of the molecule is CCc1nc(Cl)cc(N2CCC(OC)C2)n1. The van der Waals surface area contributed by atoms with Gasteiger partial charge in [0.25, 0.3) is 0 Å². The van der Waals surface area contributed by atoms with Gasteiger partial charge in [-0.2, -0.15) is 0 Å². The van der Waals surface area contributed by atoms with Crippen LogP contribution in [0.25, 0.3) is 0 Å². The third kappa shape index (κ3) is 2.44. The van der Waals surface area contributed by atoms with Crippen LogP contribution in [0.5, 0.6) is 0 Å². The van der Waals surface area contributed by atoms with Gasteiger partial charge in [-0.25, -0.2) is 9.97 Å². The van der Waals surface area contributed by atoms with E-state index in [4.69, 9.17) is 16.3 Å². The maximum atomic E-state index is 5.97. The van der Waals surface area contributed by atoms with Crippen LogP contribution in [-0.2, 0) is 11.2 Å². The Labute approximate surface area is 101 Å². The number of ether oxygens (including phenoxy) is 1. The summed E-state index contributed by atoms with van der Waals surface area (Å²) in [5, 5.41) is 0.516. The van der Waals surface area contributed by atoms with Crippen LogP contribution >= 0.6 is 11.6 Å². The molecule has 5 heteroatoms. The van der Waals surface area contributed by atoms with Gasteiger partial charge in [0, 0.05) is 32.7 Å². The molecule has 0 amide bonds. The topological polar surface area (TPSA) is 38.2 Å². The summed E-state index contributed by atoms with van der Waals surface area (Å²) in [7, 11) is 1.75. The molecule has 0 aromatic carbocycles.